The summed E-state index contributed by atoms with van der Waals surface area (Å²) in [5.41, 5.74) is 7.59. The van der Waals surface area contributed by atoms with E-state index in [9.17, 15) is 4.39 Å². The largest absolute Gasteiger partial charge is 0.382 e. The second kappa shape index (κ2) is 4.31. The first-order valence-electron chi connectivity index (χ1n) is 5.87. The summed E-state index contributed by atoms with van der Waals surface area (Å²) in [4.78, 5) is 10.2. The van der Waals surface area contributed by atoms with Crippen LogP contribution in [0.2, 0.25) is 0 Å². The van der Waals surface area contributed by atoms with Crippen molar-refractivity contribution in [1.29, 1.82) is 5.41 Å². The quantitative estimate of drug-likeness (QED) is 0.632. The summed E-state index contributed by atoms with van der Waals surface area (Å²) >= 11 is 0. The zero-order valence-electron chi connectivity index (χ0n) is 10.1. The Labute approximate surface area is 109 Å². The lowest BCUT2D eigenvalue weighted by Crippen LogP contribution is -2.18. The first-order valence-corrected chi connectivity index (χ1v) is 5.87. The molecule has 0 radical (unpaired) electrons. The van der Waals surface area contributed by atoms with Crippen molar-refractivity contribution in [3.63, 3.8) is 0 Å². The summed E-state index contributed by atoms with van der Waals surface area (Å²) in [6.07, 6.45) is 3.86. The zero-order valence-corrected chi connectivity index (χ0v) is 10.1. The number of nitrogens with two attached hydrogens (primary N) is 1. The van der Waals surface area contributed by atoms with Gasteiger partial charge in [0.25, 0.3) is 0 Å². The third kappa shape index (κ3) is 2.01. The Balaban J connectivity index is 1.97. The van der Waals surface area contributed by atoms with Crippen molar-refractivity contribution in [2.45, 2.75) is 6.42 Å². The smallest absolute Gasteiger partial charge is 0.151 e. The van der Waals surface area contributed by atoms with Gasteiger partial charge in [-0.15, -0.1) is 0 Å². The number of aromatic nitrogens is 2. The van der Waals surface area contributed by atoms with Crippen LogP contribution in [0, 0.1) is 11.2 Å². The SMILES string of the molecule is N=C(N)c1cnc(N2CCc3ccc(F)cc32)cn1. The van der Waals surface area contributed by atoms with Crippen LogP contribution in [0.1, 0.15) is 11.3 Å². The van der Waals surface area contributed by atoms with Gasteiger partial charge in [0.05, 0.1) is 12.4 Å². The lowest BCUT2D eigenvalue weighted by Gasteiger charge is -2.17. The van der Waals surface area contributed by atoms with Crippen LogP contribution in [0.3, 0.4) is 0 Å². The standard InChI is InChI=1S/C13H12FN5/c14-9-2-1-8-3-4-19(11(8)5-9)12-7-17-10(6-18-12)13(15)16/h1-2,5-7H,3-4H2,(H3,15,16). The van der Waals surface area contributed by atoms with Gasteiger partial charge in [0.1, 0.15) is 17.3 Å². The second-order valence-corrected chi connectivity index (χ2v) is 4.35. The highest BCUT2D eigenvalue weighted by Gasteiger charge is 2.22. The molecule has 0 fully saturated rings. The molecule has 96 valence electrons. The molecule has 1 aromatic carbocycles. The molecule has 0 amide bonds. The maximum atomic E-state index is 13.3. The van der Waals surface area contributed by atoms with Crippen LogP contribution in [0.4, 0.5) is 15.9 Å². The van der Waals surface area contributed by atoms with Crippen molar-refractivity contribution in [2.75, 3.05) is 11.4 Å². The topological polar surface area (TPSA) is 78.9 Å². The normalized spacial score (nSPS) is 13.4. The Morgan fingerprint density at radius 3 is 2.84 bits per heavy atom. The molecule has 0 aliphatic carbocycles. The van der Waals surface area contributed by atoms with Crippen LogP contribution in [-0.4, -0.2) is 22.3 Å². The molecule has 3 N–H and O–H groups in total. The van der Waals surface area contributed by atoms with Crippen LogP contribution >= 0.6 is 0 Å². The lowest BCUT2D eigenvalue weighted by atomic mass is 10.2. The van der Waals surface area contributed by atoms with Gasteiger partial charge in [0, 0.05) is 12.2 Å². The molecule has 0 bridgehead atoms. The van der Waals surface area contributed by atoms with Crippen molar-refractivity contribution in [3.05, 3.63) is 47.7 Å². The summed E-state index contributed by atoms with van der Waals surface area (Å²) in [7, 11) is 0. The van der Waals surface area contributed by atoms with Crippen molar-refractivity contribution < 1.29 is 4.39 Å². The second-order valence-electron chi connectivity index (χ2n) is 4.35. The predicted molar refractivity (Wildman–Crippen MR) is 70.2 cm³/mol. The molecule has 0 saturated heterocycles. The number of hydrogen-bond acceptors (Lipinski definition) is 4. The fourth-order valence-electron chi connectivity index (χ4n) is 2.19. The Kier molecular flexibility index (Phi) is 2.63. The van der Waals surface area contributed by atoms with Gasteiger partial charge in [-0.05, 0) is 24.1 Å². The third-order valence-electron chi connectivity index (χ3n) is 3.13. The first kappa shape index (κ1) is 11.6. The number of halogens is 1. The van der Waals surface area contributed by atoms with E-state index in [2.05, 4.69) is 9.97 Å². The molecule has 2 heterocycles. The molecular formula is C13H12FN5. The van der Waals surface area contributed by atoms with E-state index >= 15 is 0 Å². The van der Waals surface area contributed by atoms with Gasteiger partial charge in [-0.25, -0.2) is 14.4 Å². The van der Waals surface area contributed by atoms with E-state index in [1.54, 1.807) is 12.3 Å². The monoisotopic (exact) mass is 257 g/mol. The number of hydrogen-bond donors (Lipinski definition) is 2. The lowest BCUT2D eigenvalue weighted by molar-refractivity contribution is 0.628. The molecule has 2 aromatic rings. The molecule has 3 rings (SSSR count). The van der Waals surface area contributed by atoms with E-state index in [-0.39, 0.29) is 11.7 Å². The van der Waals surface area contributed by atoms with Crippen molar-refractivity contribution in [2.24, 2.45) is 5.73 Å². The first-order chi connectivity index (χ1) is 9.15. The molecule has 0 spiro atoms. The predicted octanol–water partition coefficient (Wildman–Crippen LogP) is 1.59. The van der Waals surface area contributed by atoms with E-state index < -0.39 is 0 Å². The minimum absolute atomic E-state index is 0.119. The van der Waals surface area contributed by atoms with Gasteiger partial charge in [0.2, 0.25) is 0 Å². The van der Waals surface area contributed by atoms with Crippen LogP contribution in [0.25, 0.3) is 0 Å². The number of nitrogens with one attached hydrogen (secondary N) is 1. The average Bonchev–Trinajstić information content (AvgIpc) is 2.81. The van der Waals surface area contributed by atoms with Gasteiger partial charge < -0.3 is 10.6 Å². The number of nitrogens with zero attached hydrogens (tertiary/aromatic N) is 3. The maximum Gasteiger partial charge on any atom is 0.151 e. The van der Waals surface area contributed by atoms with Crippen molar-refractivity contribution in [3.8, 4) is 0 Å². The number of anilines is 2. The summed E-state index contributed by atoms with van der Waals surface area (Å²) in [5, 5.41) is 7.27. The molecule has 0 saturated carbocycles. The minimum atomic E-state index is -0.265. The van der Waals surface area contributed by atoms with Crippen molar-refractivity contribution >= 4 is 17.3 Å². The fourth-order valence-corrected chi connectivity index (χ4v) is 2.19. The van der Waals surface area contributed by atoms with Crippen LogP contribution in [0.5, 0.6) is 0 Å². The van der Waals surface area contributed by atoms with Gasteiger partial charge >= 0.3 is 0 Å². The zero-order chi connectivity index (χ0) is 13.4. The number of nitrogen functional groups attached to an aromatic ring is 1. The van der Waals surface area contributed by atoms with E-state index in [0.717, 1.165) is 24.2 Å². The molecule has 1 aliphatic rings. The fraction of sp³-hybridized carbons (Fsp3) is 0.154. The van der Waals surface area contributed by atoms with Gasteiger partial charge in [-0.1, -0.05) is 6.07 Å². The summed E-state index contributed by atoms with van der Waals surface area (Å²) in [6.45, 7) is 0.743. The van der Waals surface area contributed by atoms with E-state index in [4.69, 9.17) is 11.1 Å². The molecular weight excluding hydrogens is 245 g/mol. The third-order valence-corrected chi connectivity index (χ3v) is 3.13. The summed E-state index contributed by atoms with van der Waals surface area (Å²) in [5.74, 6) is 0.250. The van der Waals surface area contributed by atoms with Crippen molar-refractivity contribution in [1.82, 2.24) is 9.97 Å². The molecule has 1 aliphatic heterocycles. The highest BCUT2D eigenvalue weighted by Crippen LogP contribution is 2.33. The molecule has 6 heteroatoms. The van der Waals surface area contributed by atoms with E-state index in [0.29, 0.717) is 11.5 Å². The minimum Gasteiger partial charge on any atom is -0.382 e. The number of rotatable bonds is 2. The molecule has 1 aromatic heterocycles. The Bertz CT molecular complexity index is 638. The van der Waals surface area contributed by atoms with Gasteiger partial charge in [-0.3, -0.25) is 5.41 Å². The Morgan fingerprint density at radius 1 is 1.32 bits per heavy atom. The number of benzene rings is 1. The van der Waals surface area contributed by atoms with Crippen LogP contribution < -0.4 is 10.6 Å². The van der Waals surface area contributed by atoms with E-state index in [1.165, 1.54) is 18.3 Å². The summed E-state index contributed by atoms with van der Waals surface area (Å²) in [6, 6.07) is 4.76. The molecule has 19 heavy (non-hydrogen) atoms. The maximum absolute atomic E-state index is 13.3. The van der Waals surface area contributed by atoms with Crippen LogP contribution in [-0.2, 0) is 6.42 Å². The van der Waals surface area contributed by atoms with Gasteiger partial charge in [-0.2, -0.15) is 0 Å². The molecule has 5 nitrogen and oxygen atoms in total. The summed E-state index contributed by atoms with van der Waals surface area (Å²) < 4.78 is 13.3. The number of fused-ring (bicyclic) bond motifs is 1. The van der Waals surface area contributed by atoms with Crippen LogP contribution in [0.15, 0.2) is 30.6 Å². The van der Waals surface area contributed by atoms with E-state index in [1.807, 2.05) is 4.90 Å². The molecule has 0 unspecified atom stereocenters. The number of amidine groups is 1. The molecule has 0 atom stereocenters. The average molecular weight is 257 g/mol. The highest BCUT2D eigenvalue weighted by atomic mass is 19.1. The van der Waals surface area contributed by atoms with Gasteiger partial charge in [0.15, 0.2) is 5.82 Å². The highest BCUT2D eigenvalue weighted by molar-refractivity contribution is 5.92. The Morgan fingerprint density at radius 2 is 2.16 bits per heavy atom. The Hall–Kier alpha value is -2.50.